The Hall–Kier alpha value is -1.73. The van der Waals surface area contributed by atoms with Crippen LogP contribution < -0.4 is 16.0 Å². The number of nitrogens with one attached hydrogen (secondary N) is 1. The zero-order valence-corrected chi connectivity index (χ0v) is 13.0. The number of nitrogens with zero attached hydrogens (tertiary/aromatic N) is 2. The predicted molar refractivity (Wildman–Crippen MR) is 85.4 cm³/mol. The van der Waals surface area contributed by atoms with Gasteiger partial charge < -0.3 is 20.7 Å². The minimum absolute atomic E-state index is 0.0388. The van der Waals surface area contributed by atoms with Crippen molar-refractivity contribution >= 4 is 28.8 Å². The maximum absolute atomic E-state index is 12.3. The second-order valence-electron chi connectivity index (χ2n) is 5.21. The molecular weight excluding hydrogens is 288 g/mol. The summed E-state index contributed by atoms with van der Waals surface area (Å²) in [6.07, 6.45) is 1.69. The fourth-order valence-corrected chi connectivity index (χ4v) is 2.33. The van der Waals surface area contributed by atoms with E-state index in [4.69, 9.17) is 22.7 Å². The first-order chi connectivity index (χ1) is 9.99. The van der Waals surface area contributed by atoms with E-state index >= 15 is 0 Å². The van der Waals surface area contributed by atoms with Gasteiger partial charge in [-0.1, -0.05) is 12.2 Å². The lowest BCUT2D eigenvalue weighted by molar-refractivity contribution is -0.125. The van der Waals surface area contributed by atoms with Gasteiger partial charge in [0.15, 0.2) is 0 Å². The molecule has 0 saturated carbocycles. The molecule has 1 saturated heterocycles. The summed E-state index contributed by atoms with van der Waals surface area (Å²) in [5.41, 5.74) is 6.98. The van der Waals surface area contributed by atoms with Gasteiger partial charge in [0, 0.05) is 12.6 Å². The van der Waals surface area contributed by atoms with Crippen LogP contribution in [0, 0.1) is 0 Å². The topological polar surface area (TPSA) is 80.5 Å². The van der Waals surface area contributed by atoms with Crippen LogP contribution in [0.15, 0.2) is 18.3 Å². The summed E-state index contributed by atoms with van der Waals surface area (Å²) in [5, 5.41) is 2.92. The Morgan fingerprint density at radius 3 is 2.90 bits per heavy atom. The zero-order valence-electron chi connectivity index (χ0n) is 12.2. The molecule has 1 unspecified atom stereocenters. The standard InChI is InChI=1S/C14H20N4O2S/c1-9(2)17-14(19)12-8-20-6-5-18(12)10-3-4-11(13(15)21)16-7-10/h3-4,7,9,12H,5-6,8H2,1-2H3,(H2,15,21)(H,17,19). The summed E-state index contributed by atoms with van der Waals surface area (Å²) in [6.45, 7) is 5.47. The van der Waals surface area contributed by atoms with E-state index in [9.17, 15) is 4.79 Å². The van der Waals surface area contributed by atoms with Crippen molar-refractivity contribution in [3.8, 4) is 0 Å². The molecule has 1 aromatic heterocycles. The highest BCUT2D eigenvalue weighted by atomic mass is 32.1. The molecule has 3 N–H and O–H groups in total. The van der Waals surface area contributed by atoms with Crippen molar-refractivity contribution in [3.63, 3.8) is 0 Å². The van der Waals surface area contributed by atoms with E-state index in [1.165, 1.54) is 0 Å². The quantitative estimate of drug-likeness (QED) is 0.786. The highest BCUT2D eigenvalue weighted by Crippen LogP contribution is 2.19. The van der Waals surface area contributed by atoms with Crippen LogP contribution in [-0.4, -0.2) is 47.7 Å². The molecule has 1 fully saturated rings. The van der Waals surface area contributed by atoms with Gasteiger partial charge in [-0.15, -0.1) is 0 Å². The lowest BCUT2D eigenvalue weighted by Gasteiger charge is -2.36. The van der Waals surface area contributed by atoms with Crippen LogP contribution in [0.2, 0.25) is 0 Å². The van der Waals surface area contributed by atoms with Crippen LogP contribution in [-0.2, 0) is 9.53 Å². The van der Waals surface area contributed by atoms with Gasteiger partial charge in [0.05, 0.1) is 30.8 Å². The number of thiocarbonyl (C=S) groups is 1. The Bertz CT molecular complexity index is 518. The predicted octanol–water partition coefficient (Wildman–Crippen LogP) is 0.446. The molecule has 2 heterocycles. The van der Waals surface area contributed by atoms with Crippen LogP contribution in [0.3, 0.4) is 0 Å². The summed E-state index contributed by atoms with van der Waals surface area (Å²) in [6, 6.07) is 3.39. The van der Waals surface area contributed by atoms with Gasteiger partial charge in [-0.3, -0.25) is 9.78 Å². The summed E-state index contributed by atoms with van der Waals surface area (Å²) in [7, 11) is 0. The van der Waals surface area contributed by atoms with Crippen molar-refractivity contribution in [2.45, 2.75) is 25.9 Å². The number of carbonyl (C=O) groups is 1. The van der Waals surface area contributed by atoms with Crippen LogP contribution in [0.4, 0.5) is 5.69 Å². The molecule has 0 radical (unpaired) electrons. The third-order valence-corrected chi connectivity index (χ3v) is 3.40. The minimum Gasteiger partial charge on any atom is -0.388 e. The molecule has 1 atom stereocenters. The van der Waals surface area contributed by atoms with Crippen molar-refractivity contribution in [3.05, 3.63) is 24.0 Å². The maximum atomic E-state index is 12.3. The fraction of sp³-hybridized carbons (Fsp3) is 0.500. The van der Waals surface area contributed by atoms with Crippen molar-refractivity contribution in [1.82, 2.24) is 10.3 Å². The third kappa shape index (κ3) is 3.89. The molecule has 2 rings (SSSR count). The van der Waals surface area contributed by atoms with E-state index in [1.807, 2.05) is 24.8 Å². The lowest BCUT2D eigenvalue weighted by atomic mass is 10.1. The first kappa shape index (κ1) is 15.7. The summed E-state index contributed by atoms with van der Waals surface area (Å²) < 4.78 is 5.43. The maximum Gasteiger partial charge on any atom is 0.245 e. The number of carbonyl (C=O) groups excluding carboxylic acids is 1. The van der Waals surface area contributed by atoms with Gasteiger partial charge in [0.1, 0.15) is 11.0 Å². The normalized spacial score (nSPS) is 18.6. The summed E-state index contributed by atoms with van der Waals surface area (Å²) in [5.74, 6) is -0.0388. The van der Waals surface area contributed by atoms with Gasteiger partial charge in [0.25, 0.3) is 0 Å². The molecular formula is C14H20N4O2S. The monoisotopic (exact) mass is 308 g/mol. The molecule has 1 amide bonds. The third-order valence-electron chi connectivity index (χ3n) is 3.19. The largest absolute Gasteiger partial charge is 0.388 e. The van der Waals surface area contributed by atoms with E-state index in [2.05, 4.69) is 10.3 Å². The van der Waals surface area contributed by atoms with E-state index < -0.39 is 0 Å². The summed E-state index contributed by atoms with van der Waals surface area (Å²) >= 11 is 4.89. The molecule has 0 aliphatic carbocycles. The van der Waals surface area contributed by atoms with E-state index in [0.29, 0.717) is 25.5 Å². The number of hydrogen-bond acceptors (Lipinski definition) is 5. The molecule has 0 bridgehead atoms. The smallest absolute Gasteiger partial charge is 0.245 e. The number of anilines is 1. The average molecular weight is 308 g/mol. The molecule has 21 heavy (non-hydrogen) atoms. The Labute approximate surface area is 129 Å². The van der Waals surface area contributed by atoms with Crippen molar-refractivity contribution in [1.29, 1.82) is 0 Å². The Kier molecular flexibility index (Phi) is 5.08. The number of hydrogen-bond donors (Lipinski definition) is 2. The molecule has 1 aromatic rings. The highest BCUT2D eigenvalue weighted by Gasteiger charge is 2.30. The number of aromatic nitrogens is 1. The first-order valence-corrected chi connectivity index (χ1v) is 7.30. The number of nitrogens with two attached hydrogens (primary N) is 1. The Morgan fingerprint density at radius 1 is 1.57 bits per heavy atom. The SMILES string of the molecule is CC(C)NC(=O)C1COCCN1c1ccc(C(N)=S)nc1. The van der Waals surface area contributed by atoms with E-state index in [-0.39, 0.29) is 23.0 Å². The first-order valence-electron chi connectivity index (χ1n) is 6.89. The molecule has 1 aliphatic rings. The van der Waals surface area contributed by atoms with Crippen molar-refractivity contribution in [2.24, 2.45) is 5.73 Å². The van der Waals surface area contributed by atoms with Gasteiger partial charge in [0.2, 0.25) is 5.91 Å². The van der Waals surface area contributed by atoms with E-state index in [1.54, 1.807) is 12.3 Å². The molecule has 114 valence electrons. The van der Waals surface area contributed by atoms with Crippen LogP contribution in [0.1, 0.15) is 19.5 Å². The number of amides is 1. The fourth-order valence-electron chi connectivity index (χ4n) is 2.21. The number of pyridine rings is 1. The zero-order chi connectivity index (χ0) is 15.4. The van der Waals surface area contributed by atoms with Gasteiger partial charge in [-0.05, 0) is 26.0 Å². The second-order valence-corrected chi connectivity index (χ2v) is 5.65. The summed E-state index contributed by atoms with van der Waals surface area (Å²) in [4.78, 5) is 18.8. The molecule has 7 heteroatoms. The average Bonchev–Trinajstić information content (AvgIpc) is 2.46. The number of rotatable bonds is 4. The lowest BCUT2D eigenvalue weighted by Crippen LogP contribution is -2.55. The molecule has 0 spiro atoms. The minimum atomic E-state index is -0.348. The molecule has 6 nitrogen and oxygen atoms in total. The molecule has 1 aliphatic heterocycles. The Morgan fingerprint density at radius 2 is 2.33 bits per heavy atom. The van der Waals surface area contributed by atoms with Crippen LogP contribution in [0.5, 0.6) is 0 Å². The second kappa shape index (κ2) is 6.82. The van der Waals surface area contributed by atoms with Gasteiger partial charge in [-0.25, -0.2) is 0 Å². The van der Waals surface area contributed by atoms with Crippen molar-refractivity contribution in [2.75, 3.05) is 24.7 Å². The number of morpholine rings is 1. The molecule has 0 aromatic carbocycles. The van der Waals surface area contributed by atoms with Crippen LogP contribution in [0.25, 0.3) is 0 Å². The van der Waals surface area contributed by atoms with Gasteiger partial charge >= 0.3 is 0 Å². The van der Waals surface area contributed by atoms with Crippen LogP contribution >= 0.6 is 12.2 Å². The van der Waals surface area contributed by atoms with E-state index in [0.717, 1.165) is 5.69 Å². The van der Waals surface area contributed by atoms with Crippen molar-refractivity contribution < 1.29 is 9.53 Å². The highest BCUT2D eigenvalue weighted by molar-refractivity contribution is 7.80. The Balaban J connectivity index is 2.18. The van der Waals surface area contributed by atoms with Gasteiger partial charge in [-0.2, -0.15) is 0 Å². The number of ether oxygens (including phenoxy) is 1.